The molecule has 1 saturated heterocycles. The molecular formula is C12H23NO5. The van der Waals surface area contributed by atoms with Crippen LogP contribution in [-0.2, 0) is 9.53 Å². The Balaban J connectivity index is 2.67. The molecule has 2 unspecified atom stereocenters. The Bertz CT molecular complexity index is 286. The van der Waals surface area contributed by atoms with Crippen LogP contribution in [0.2, 0.25) is 0 Å². The monoisotopic (exact) mass is 261 g/mol. The number of amides is 1. The number of rotatable bonds is 4. The summed E-state index contributed by atoms with van der Waals surface area (Å²) in [4.78, 5) is 11.8. The van der Waals surface area contributed by atoms with Crippen molar-refractivity contribution in [2.75, 3.05) is 6.54 Å². The second-order valence-electron chi connectivity index (χ2n) is 4.86. The first kappa shape index (κ1) is 15.4. The summed E-state index contributed by atoms with van der Waals surface area (Å²) >= 11 is 0. The minimum atomic E-state index is -1.29. The lowest BCUT2D eigenvalue weighted by Crippen LogP contribution is -2.59. The zero-order valence-corrected chi connectivity index (χ0v) is 11.0. The minimum Gasteiger partial charge on any atom is -0.388 e. The smallest absolute Gasteiger partial charge is 0.225 e. The van der Waals surface area contributed by atoms with Crippen molar-refractivity contribution in [1.29, 1.82) is 0 Å². The molecule has 18 heavy (non-hydrogen) atoms. The average molecular weight is 261 g/mol. The lowest BCUT2D eigenvalue weighted by atomic mass is 9.88. The fourth-order valence-corrected chi connectivity index (χ4v) is 2.05. The highest BCUT2D eigenvalue weighted by Crippen LogP contribution is 2.25. The third kappa shape index (κ3) is 3.20. The Morgan fingerprint density at radius 2 is 1.89 bits per heavy atom. The van der Waals surface area contributed by atoms with Gasteiger partial charge in [-0.1, -0.05) is 13.8 Å². The first-order chi connectivity index (χ1) is 8.40. The highest BCUT2D eigenvalue weighted by atomic mass is 16.5. The van der Waals surface area contributed by atoms with E-state index >= 15 is 0 Å². The molecule has 6 nitrogen and oxygen atoms in total. The van der Waals surface area contributed by atoms with Crippen molar-refractivity contribution in [2.24, 2.45) is 5.92 Å². The van der Waals surface area contributed by atoms with Gasteiger partial charge in [-0.3, -0.25) is 4.79 Å². The molecule has 4 N–H and O–H groups in total. The van der Waals surface area contributed by atoms with Crippen molar-refractivity contribution < 1.29 is 24.9 Å². The van der Waals surface area contributed by atoms with E-state index in [2.05, 4.69) is 5.32 Å². The van der Waals surface area contributed by atoms with Crippen LogP contribution in [0.3, 0.4) is 0 Å². The predicted octanol–water partition coefficient (Wildman–Crippen LogP) is -0.981. The molecule has 0 saturated carbocycles. The van der Waals surface area contributed by atoms with Crippen LogP contribution in [0.15, 0.2) is 0 Å². The number of nitrogens with one attached hydrogen (secondary N) is 1. The lowest BCUT2D eigenvalue weighted by Gasteiger charge is -2.41. The Labute approximate surface area is 107 Å². The molecular weight excluding hydrogens is 238 g/mol. The molecule has 0 aliphatic carbocycles. The maximum atomic E-state index is 11.8. The van der Waals surface area contributed by atoms with Gasteiger partial charge in [-0.2, -0.15) is 0 Å². The first-order valence-electron chi connectivity index (χ1n) is 6.37. The fraction of sp³-hybridized carbons (Fsp3) is 0.917. The van der Waals surface area contributed by atoms with Gasteiger partial charge in [-0.05, 0) is 13.3 Å². The second kappa shape index (κ2) is 6.47. The molecule has 0 aromatic heterocycles. The van der Waals surface area contributed by atoms with Gasteiger partial charge < -0.3 is 25.4 Å². The van der Waals surface area contributed by atoms with Gasteiger partial charge in [-0.15, -0.1) is 0 Å². The van der Waals surface area contributed by atoms with Crippen LogP contribution in [0.1, 0.15) is 27.2 Å². The van der Waals surface area contributed by atoms with Crippen molar-refractivity contribution in [3.63, 3.8) is 0 Å². The van der Waals surface area contributed by atoms with Gasteiger partial charge in [0, 0.05) is 6.54 Å². The van der Waals surface area contributed by atoms with Gasteiger partial charge in [0.05, 0.1) is 18.1 Å². The van der Waals surface area contributed by atoms with Crippen LogP contribution in [0.25, 0.3) is 0 Å². The van der Waals surface area contributed by atoms with Crippen LogP contribution in [0.4, 0.5) is 0 Å². The molecule has 1 aliphatic rings. The molecule has 6 heteroatoms. The highest BCUT2D eigenvalue weighted by molar-refractivity contribution is 5.78. The number of carbonyl (C=O) groups excluding carboxylic acids is 1. The maximum absolute atomic E-state index is 11.8. The topological polar surface area (TPSA) is 99.0 Å². The molecule has 0 radical (unpaired) electrons. The Morgan fingerprint density at radius 1 is 1.28 bits per heavy atom. The molecule has 0 aromatic carbocycles. The van der Waals surface area contributed by atoms with Gasteiger partial charge in [0.25, 0.3) is 0 Å². The number of ether oxygens (including phenoxy) is 1. The van der Waals surface area contributed by atoms with Gasteiger partial charge in [0.2, 0.25) is 5.91 Å². The van der Waals surface area contributed by atoms with E-state index in [1.807, 2.05) is 6.92 Å². The molecule has 6 atom stereocenters. The van der Waals surface area contributed by atoms with Gasteiger partial charge >= 0.3 is 0 Å². The number of carbonyl (C=O) groups is 1. The zero-order chi connectivity index (χ0) is 13.9. The van der Waals surface area contributed by atoms with Gasteiger partial charge in [0.15, 0.2) is 0 Å². The summed E-state index contributed by atoms with van der Waals surface area (Å²) in [6.45, 7) is 5.74. The number of aliphatic hydroxyl groups excluding tert-OH is 3. The third-order valence-corrected chi connectivity index (χ3v) is 3.34. The summed E-state index contributed by atoms with van der Waals surface area (Å²) < 4.78 is 5.42. The minimum absolute atomic E-state index is 0.225. The Hall–Kier alpha value is -0.690. The lowest BCUT2D eigenvalue weighted by molar-refractivity contribution is -0.227. The SMILES string of the molecule is CCCNC(=O)C(C)C1O[C@@H](C)[C@H](O)[C@@H](O)[C@H]1O. The van der Waals surface area contributed by atoms with E-state index in [9.17, 15) is 20.1 Å². The molecule has 1 heterocycles. The number of aliphatic hydroxyl groups is 3. The predicted molar refractivity (Wildman–Crippen MR) is 64.8 cm³/mol. The van der Waals surface area contributed by atoms with E-state index in [0.717, 1.165) is 6.42 Å². The third-order valence-electron chi connectivity index (χ3n) is 3.34. The van der Waals surface area contributed by atoms with Crippen molar-refractivity contribution in [3.05, 3.63) is 0 Å². The molecule has 1 fully saturated rings. The normalized spacial score (nSPS) is 38.2. The number of hydrogen-bond donors (Lipinski definition) is 4. The summed E-state index contributed by atoms with van der Waals surface area (Å²) in [5.41, 5.74) is 0. The standard InChI is InChI=1S/C12H23NO5/c1-4-5-13-12(17)6(2)11-10(16)9(15)8(14)7(3)18-11/h6-11,14-16H,4-5H2,1-3H3,(H,13,17)/t6?,7-,8-,9+,10+,11?/m0/s1. The van der Waals surface area contributed by atoms with Crippen LogP contribution in [0, 0.1) is 5.92 Å². The van der Waals surface area contributed by atoms with Crippen molar-refractivity contribution in [2.45, 2.75) is 57.7 Å². The molecule has 0 spiro atoms. The van der Waals surface area contributed by atoms with Crippen LogP contribution < -0.4 is 5.32 Å². The summed E-state index contributed by atoms with van der Waals surface area (Å²) in [6, 6.07) is 0. The van der Waals surface area contributed by atoms with E-state index in [1.54, 1.807) is 13.8 Å². The quantitative estimate of drug-likeness (QED) is 0.521. The van der Waals surface area contributed by atoms with E-state index in [0.29, 0.717) is 6.54 Å². The first-order valence-corrected chi connectivity index (χ1v) is 6.37. The van der Waals surface area contributed by atoms with Crippen LogP contribution in [0.5, 0.6) is 0 Å². The average Bonchev–Trinajstić information content (AvgIpc) is 2.36. The summed E-state index contributed by atoms with van der Waals surface area (Å²) in [5, 5.41) is 31.8. The van der Waals surface area contributed by atoms with E-state index < -0.39 is 36.4 Å². The van der Waals surface area contributed by atoms with Crippen LogP contribution >= 0.6 is 0 Å². The molecule has 106 valence electrons. The zero-order valence-electron chi connectivity index (χ0n) is 11.0. The fourth-order valence-electron chi connectivity index (χ4n) is 2.05. The Morgan fingerprint density at radius 3 is 2.44 bits per heavy atom. The van der Waals surface area contributed by atoms with E-state index in [-0.39, 0.29) is 5.91 Å². The maximum Gasteiger partial charge on any atom is 0.225 e. The van der Waals surface area contributed by atoms with Gasteiger partial charge in [0.1, 0.15) is 18.3 Å². The van der Waals surface area contributed by atoms with Crippen molar-refractivity contribution in [1.82, 2.24) is 5.32 Å². The number of hydrogen-bond acceptors (Lipinski definition) is 5. The molecule has 0 aromatic rings. The molecule has 1 rings (SSSR count). The summed E-state index contributed by atoms with van der Waals surface area (Å²) in [5.74, 6) is -0.812. The van der Waals surface area contributed by atoms with E-state index in [4.69, 9.17) is 4.74 Å². The van der Waals surface area contributed by atoms with E-state index in [1.165, 1.54) is 0 Å². The second-order valence-corrected chi connectivity index (χ2v) is 4.86. The summed E-state index contributed by atoms with van der Waals surface area (Å²) in [7, 11) is 0. The highest BCUT2D eigenvalue weighted by Gasteiger charge is 2.45. The largest absolute Gasteiger partial charge is 0.388 e. The summed E-state index contributed by atoms with van der Waals surface area (Å²) in [6.07, 6.45) is -4.30. The van der Waals surface area contributed by atoms with Crippen molar-refractivity contribution >= 4 is 5.91 Å². The molecule has 0 bridgehead atoms. The molecule has 1 aliphatic heterocycles. The molecule has 1 amide bonds. The Kier molecular flexibility index (Phi) is 5.52. The van der Waals surface area contributed by atoms with Crippen LogP contribution in [-0.4, -0.2) is 58.3 Å². The van der Waals surface area contributed by atoms with Crippen molar-refractivity contribution in [3.8, 4) is 0 Å². The van der Waals surface area contributed by atoms with Gasteiger partial charge in [-0.25, -0.2) is 0 Å².